The summed E-state index contributed by atoms with van der Waals surface area (Å²) < 4.78 is 22.3. The van der Waals surface area contributed by atoms with Crippen LogP contribution in [-0.2, 0) is 17.8 Å². The van der Waals surface area contributed by atoms with Crippen molar-refractivity contribution in [3.8, 4) is 5.69 Å². The molecule has 0 bridgehead atoms. The van der Waals surface area contributed by atoms with E-state index in [2.05, 4.69) is 4.98 Å². The Balaban J connectivity index is 1.33. The third kappa shape index (κ3) is 3.68. The number of rotatable bonds is 6. The van der Waals surface area contributed by atoms with Gasteiger partial charge in [0.25, 0.3) is 5.91 Å². The topological polar surface area (TPSA) is 47.4 Å². The molecule has 0 radical (unpaired) electrons. The summed E-state index contributed by atoms with van der Waals surface area (Å²) in [5, 5.41) is 0. The number of halogens is 1. The number of benzene rings is 2. The van der Waals surface area contributed by atoms with Gasteiger partial charge in [0.15, 0.2) is 0 Å². The summed E-state index contributed by atoms with van der Waals surface area (Å²) in [6.07, 6.45) is 6.44. The van der Waals surface area contributed by atoms with Crippen LogP contribution in [0.5, 0.6) is 0 Å². The van der Waals surface area contributed by atoms with Gasteiger partial charge in [-0.2, -0.15) is 0 Å². The third-order valence-electron chi connectivity index (χ3n) is 5.58. The van der Waals surface area contributed by atoms with E-state index >= 15 is 0 Å². The van der Waals surface area contributed by atoms with E-state index in [9.17, 15) is 9.18 Å². The van der Waals surface area contributed by atoms with Gasteiger partial charge in [-0.25, -0.2) is 9.37 Å². The predicted octanol–water partition coefficient (Wildman–Crippen LogP) is 4.06. The summed E-state index contributed by atoms with van der Waals surface area (Å²) >= 11 is 0. The van der Waals surface area contributed by atoms with E-state index in [-0.39, 0.29) is 18.5 Å². The van der Waals surface area contributed by atoms with Crippen molar-refractivity contribution in [3.63, 3.8) is 0 Å². The maximum absolute atomic E-state index is 14.7. The quantitative estimate of drug-likeness (QED) is 0.637. The number of nitrogens with zero attached hydrogens (tertiary/aromatic N) is 3. The third-order valence-corrected chi connectivity index (χ3v) is 5.58. The zero-order valence-corrected chi connectivity index (χ0v) is 16.1. The van der Waals surface area contributed by atoms with Crippen LogP contribution in [0.4, 0.5) is 4.39 Å². The Kier molecular flexibility index (Phi) is 4.64. The average molecular weight is 391 g/mol. The second-order valence-corrected chi connectivity index (χ2v) is 7.72. The fourth-order valence-corrected chi connectivity index (χ4v) is 3.78. The fourth-order valence-electron chi connectivity index (χ4n) is 3.78. The van der Waals surface area contributed by atoms with Crippen LogP contribution in [-0.4, -0.2) is 33.6 Å². The normalized spacial score (nSPS) is 16.2. The highest BCUT2D eigenvalue weighted by molar-refractivity contribution is 5.97. The Bertz CT molecular complexity index is 1040. The average Bonchev–Trinajstić information content (AvgIpc) is 3.47. The molecule has 2 heterocycles. The van der Waals surface area contributed by atoms with Gasteiger partial charge in [0, 0.05) is 29.8 Å². The lowest BCUT2D eigenvalue weighted by atomic mass is 9.98. The lowest BCUT2D eigenvalue weighted by Gasteiger charge is -2.29. The van der Waals surface area contributed by atoms with E-state index in [1.807, 2.05) is 36.5 Å². The van der Waals surface area contributed by atoms with Gasteiger partial charge in [-0.1, -0.05) is 30.3 Å². The molecule has 1 amide bonds. The zero-order valence-electron chi connectivity index (χ0n) is 16.1. The predicted molar refractivity (Wildman–Crippen MR) is 106 cm³/mol. The molecular weight excluding hydrogens is 369 g/mol. The highest BCUT2D eigenvalue weighted by Crippen LogP contribution is 2.39. The van der Waals surface area contributed by atoms with Crippen LogP contribution in [0.2, 0.25) is 0 Å². The minimum absolute atomic E-state index is 0.190. The molecule has 2 aromatic carbocycles. The van der Waals surface area contributed by atoms with Gasteiger partial charge in [-0.15, -0.1) is 0 Å². The van der Waals surface area contributed by atoms with Crippen LogP contribution in [0.25, 0.3) is 5.69 Å². The summed E-state index contributed by atoms with van der Waals surface area (Å²) in [5.41, 5.74) is 3.61. The first kappa shape index (κ1) is 18.1. The molecule has 5 rings (SSSR count). The Labute approximate surface area is 168 Å². The zero-order chi connectivity index (χ0) is 19.8. The van der Waals surface area contributed by atoms with E-state index in [0.717, 1.165) is 24.1 Å². The van der Waals surface area contributed by atoms with Crippen molar-refractivity contribution < 1.29 is 13.9 Å². The minimum Gasteiger partial charge on any atom is -0.356 e. The van der Waals surface area contributed by atoms with Crippen LogP contribution in [0.1, 0.15) is 45.9 Å². The molecule has 0 unspecified atom stereocenters. The molecule has 6 heteroatoms. The summed E-state index contributed by atoms with van der Waals surface area (Å²) in [4.78, 5) is 19.0. The SMILES string of the molecule is O=C1c2cc(-n3cnc(C4CC4)c3)cc(F)c2CCN1COCc1ccccc1. The fraction of sp³-hybridized carbons (Fsp3) is 0.304. The number of amides is 1. The Morgan fingerprint density at radius 3 is 2.79 bits per heavy atom. The number of carbonyl (C=O) groups excluding carboxylic acids is 1. The van der Waals surface area contributed by atoms with Crippen molar-refractivity contribution in [3.05, 3.63) is 83.2 Å². The van der Waals surface area contributed by atoms with Gasteiger partial charge >= 0.3 is 0 Å². The molecule has 148 valence electrons. The van der Waals surface area contributed by atoms with E-state index in [1.54, 1.807) is 21.9 Å². The van der Waals surface area contributed by atoms with E-state index in [4.69, 9.17) is 4.74 Å². The number of imidazole rings is 1. The number of carbonyl (C=O) groups is 1. The highest BCUT2D eigenvalue weighted by atomic mass is 19.1. The number of hydrogen-bond acceptors (Lipinski definition) is 3. The minimum atomic E-state index is -0.336. The van der Waals surface area contributed by atoms with Crippen molar-refractivity contribution in [2.45, 2.75) is 31.8 Å². The van der Waals surface area contributed by atoms with Crippen LogP contribution in [0.3, 0.4) is 0 Å². The molecule has 1 aliphatic carbocycles. The summed E-state index contributed by atoms with van der Waals surface area (Å²) in [5.74, 6) is -0.00224. The van der Waals surface area contributed by atoms with Gasteiger partial charge in [0.1, 0.15) is 12.5 Å². The molecule has 1 aliphatic heterocycles. The van der Waals surface area contributed by atoms with Crippen LogP contribution in [0.15, 0.2) is 55.0 Å². The van der Waals surface area contributed by atoms with Gasteiger partial charge < -0.3 is 14.2 Å². The molecule has 0 N–H and O–H groups in total. The second kappa shape index (κ2) is 7.44. The number of aromatic nitrogens is 2. The van der Waals surface area contributed by atoms with E-state index in [1.165, 1.54) is 6.07 Å². The Hall–Kier alpha value is -2.99. The van der Waals surface area contributed by atoms with Crippen molar-refractivity contribution in [2.24, 2.45) is 0 Å². The second-order valence-electron chi connectivity index (χ2n) is 7.72. The van der Waals surface area contributed by atoms with Crippen molar-refractivity contribution >= 4 is 5.91 Å². The van der Waals surface area contributed by atoms with Crippen LogP contribution in [0, 0.1) is 5.82 Å². The van der Waals surface area contributed by atoms with Crippen molar-refractivity contribution in [1.82, 2.24) is 14.5 Å². The van der Waals surface area contributed by atoms with Crippen LogP contribution >= 0.6 is 0 Å². The molecular formula is C23H22FN3O2. The summed E-state index contributed by atoms with van der Waals surface area (Å²) in [6.45, 7) is 1.08. The smallest absolute Gasteiger partial charge is 0.256 e. The molecule has 1 saturated carbocycles. The molecule has 29 heavy (non-hydrogen) atoms. The maximum Gasteiger partial charge on any atom is 0.256 e. The summed E-state index contributed by atoms with van der Waals surface area (Å²) in [7, 11) is 0. The van der Waals surface area contributed by atoms with Gasteiger partial charge in [-0.05, 0) is 37.0 Å². The van der Waals surface area contributed by atoms with E-state index in [0.29, 0.717) is 42.3 Å². The molecule has 0 atom stereocenters. The lowest BCUT2D eigenvalue weighted by Crippen LogP contribution is -2.39. The molecule has 0 spiro atoms. The standard InChI is InChI=1S/C23H22FN3O2/c24-21-11-18(27-12-22(25-14-27)17-6-7-17)10-20-19(21)8-9-26(23(20)28)15-29-13-16-4-2-1-3-5-16/h1-5,10-12,14,17H,6-9,13,15H2. The molecule has 3 aromatic rings. The number of ether oxygens (including phenoxy) is 1. The molecule has 5 nitrogen and oxygen atoms in total. The van der Waals surface area contributed by atoms with Gasteiger partial charge in [-0.3, -0.25) is 4.79 Å². The summed E-state index contributed by atoms with van der Waals surface area (Å²) in [6, 6.07) is 13.1. The van der Waals surface area contributed by atoms with Gasteiger partial charge in [0.2, 0.25) is 0 Å². The molecule has 1 fully saturated rings. The largest absolute Gasteiger partial charge is 0.356 e. The Morgan fingerprint density at radius 1 is 1.17 bits per heavy atom. The van der Waals surface area contributed by atoms with Crippen molar-refractivity contribution in [2.75, 3.05) is 13.3 Å². The number of fused-ring (bicyclic) bond motifs is 1. The first-order chi connectivity index (χ1) is 14.2. The maximum atomic E-state index is 14.7. The number of hydrogen-bond donors (Lipinski definition) is 0. The Morgan fingerprint density at radius 2 is 2.00 bits per heavy atom. The van der Waals surface area contributed by atoms with E-state index < -0.39 is 0 Å². The van der Waals surface area contributed by atoms with Gasteiger partial charge in [0.05, 0.1) is 24.3 Å². The first-order valence-electron chi connectivity index (χ1n) is 9.96. The monoisotopic (exact) mass is 391 g/mol. The molecule has 2 aliphatic rings. The highest BCUT2D eigenvalue weighted by Gasteiger charge is 2.29. The molecule has 0 saturated heterocycles. The molecule has 1 aromatic heterocycles. The van der Waals surface area contributed by atoms with Crippen molar-refractivity contribution in [1.29, 1.82) is 0 Å². The lowest BCUT2D eigenvalue weighted by molar-refractivity contribution is 0.0156. The first-order valence-corrected chi connectivity index (χ1v) is 9.96. The van der Waals surface area contributed by atoms with Crippen LogP contribution < -0.4 is 0 Å².